The monoisotopic (exact) mass is 255 g/mol. The second kappa shape index (κ2) is 5.08. The van der Waals surface area contributed by atoms with E-state index in [-0.39, 0.29) is 17.3 Å². The minimum Gasteiger partial charge on any atom is -0.506 e. The summed E-state index contributed by atoms with van der Waals surface area (Å²) < 4.78 is 10.9. The van der Waals surface area contributed by atoms with E-state index in [1.165, 1.54) is 12.1 Å². The van der Waals surface area contributed by atoms with Crippen LogP contribution >= 0.6 is 11.6 Å². The lowest BCUT2D eigenvalue weighted by Crippen LogP contribution is -1.98. The molecule has 0 aliphatic carbocycles. The van der Waals surface area contributed by atoms with Crippen molar-refractivity contribution in [2.24, 2.45) is 4.99 Å². The van der Waals surface area contributed by atoms with Crippen molar-refractivity contribution < 1.29 is 19.4 Å². The number of hydrogen-bond donors (Lipinski definition) is 1. The van der Waals surface area contributed by atoms with E-state index in [4.69, 9.17) is 21.1 Å². The normalized spacial score (nSPS) is 13.7. The molecule has 0 amide bonds. The predicted octanol–water partition coefficient (Wildman–Crippen LogP) is 2.04. The number of rotatable bonds is 2. The summed E-state index contributed by atoms with van der Waals surface area (Å²) >= 11 is 5.86. The summed E-state index contributed by atoms with van der Waals surface area (Å²) in [5, 5.41) is 9.96. The minimum absolute atomic E-state index is 0.0401. The van der Waals surface area contributed by atoms with E-state index in [1.807, 2.05) is 0 Å². The Hall–Kier alpha value is -1.71. The van der Waals surface area contributed by atoms with Crippen LogP contribution in [0.5, 0.6) is 17.2 Å². The predicted molar refractivity (Wildman–Crippen MR) is 60.5 cm³/mol. The molecule has 1 aliphatic heterocycles. The van der Waals surface area contributed by atoms with Gasteiger partial charge in [-0.05, 0) is 0 Å². The Kier molecular flexibility index (Phi) is 3.52. The Morgan fingerprint density at radius 3 is 3.00 bits per heavy atom. The molecule has 0 bridgehead atoms. The number of isocyanates is 1. The second-order valence-electron chi connectivity index (χ2n) is 3.47. The maximum Gasteiger partial charge on any atom is 0.235 e. The molecule has 0 radical (unpaired) electrons. The SMILES string of the molecule is O=C=NCc1c(O)c(Cl)cc2c1OCCCO2. The van der Waals surface area contributed by atoms with Gasteiger partial charge in [0.15, 0.2) is 11.5 Å². The zero-order chi connectivity index (χ0) is 12.3. The number of ether oxygens (including phenoxy) is 2. The highest BCUT2D eigenvalue weighted by Crippen LogP contribution is 2.43. The maximum atomic E-state index is 10.1. The number of halogens is 1. The molecule has 1 heterocycles. The number of phenols is 1. The van der Waals surface area contributed by atoms with Gasteiger partial charge in [-0.1, -0.05) is 11.6 Å². The number of hydrogen-bond acceptors (Lipinski definition) is 5. The van der Waals surface area contributed by atoms with Crippen LogP contribution in [0, 0.1) is 0 Å². The van der Waals surface area contributed by atoms with Crippen LogP contribution in [0.25, 0.3) is 0 Å². The molecule has 1 aromatic rings. The summed E-state index contributed by atoms with van der Waals surface area (Å²) in [5.74, 6) is 0.708. The van der Waals surface area contributed by atoms with Gasteiger partial charge in [-0.25, -0.2) is 9.79 Å². The Balaban J connectivity index is 2.52. The molecular formula is C11H10ClNO4. The number of aliphatic imine (C=N–C) groups is 1. The van der Waals surface area contributed by atoms with Gasteiger partial charge in [0.1, 0.15) is 5.75 Å². The van der Waals surface area contributed by atoms with Crippen molar-refractivity contribution in [3.63, 3.8) is 0 Å². The molecule has 2 rings (SSSR count). The number of nitrogens with zero attached hydrogens (tertiary/aromatic N) is 1. The van der Waals surface area contributed by atoms with Gasteiger partial charge >= 0.3 is 0 Å². The smallest absolute Gasteiger partial charge is 0.235 e. The van der Waals surface area contributed by atoms with Crippen LogP contribution < -0.4 is 9.47 Å². The molecule has 0 atom stereocenters. The second-order valence-corrected chi connectivity index (χ2v) is 3.88. The van der Waals surface area contributed by atoms with Gasteiger partial charge in [0, 0.05) is 12.5 Å². The lowest BCUT2D eigenvalue weighted by Gasteiger charge is -2.13. The Morgan fingerprint density at radius 2 is 2.24 bits per heavy atom. The molecule has 0 saturated heterocycles. The fourth-order valence-electron chi connectivity index (χ4n) is 1.59. The van der Waals surface area contributed by atoms with Crippen molar-refractivity contribution >= 4 is 17.7 Å². The highest BCUT2D eigenvalue weighted by Gasteiger charge is 2.21. The first kappa shape index (κ1) is 11.8. The van der Waals surface area contributed by atoms with E-state index in [2.05, 4.69) is 4.99 Å². The average molecular weight is 256 g/mol. The van der Waals surface area contributed by atoms with Crippen LogP contribution in [0.2, 0.25) is 5.02 Å². The first-order valence-electron chi connectivity index (χ1n) is 5.07. The molecule has 0 saturated carbocycles. The highest BCUT2D eigenvalue weighted by atomic mass is 35.5. The quantitative estimate of drug-likeness (QED) is 0.649. The largest absolute Gasteiger partial charge is 0.506 e. The van der Waals surface area contributed by atoms with Crippen LogP contribution in [0.15, 0.2) is 11.1 Å². The van der Waals surface area contributed by atoms with Crippen molar-refractivity contribution in [1.82, 2.24) is 0 Å². The number of phenolic OH excluding ortho intramolecular Hbond substituents is 1. The van der Waals surface area contributed by atoms with E-state index in [0.717, 1.165) is 6.42 Å². The van der Waals surface area contributed by atoms with Crippen molar-refractivity contribution in [2.45, 2.75) is 13.0 Å². The minimum atomic E-state index is -0.144. The number of benzene rings is 1. The van der Waals surface area contributed by atoms with Crippen molar-refractivity contribution in [2.75, 3.05) is 13.2 Å². The van der Waals surface area contributed by atoms with Gasteiger partial charge in [0.25, 0.3) is 0 Å². The molecule has 17 heavy (non-hydrogen) atoms. The van der Waals surface area contributed by atoms with Crippen molar-refractivity contribution in [1.29, 1.82) is 0 Å². The van der Waals surface area contributed by atoms with Crippen LogP contribution in [0.3, 0.4) is 0 Å². The third-order valence-corrected chi connectivity index (χ3v) is 2.65. The molecule has 0 fully saturated rings. The van der Waals surface area contributed by atoms with Gasteiger partial charge in [-0.2, -0.15) is 0 Å². The molecule has 1 aliphatic rings. The summed E-state index contributed by atoms with van der Waals surface area (Å²) in [6.07, 6.45) is 2.15. The van der Waals surface area contributed by atoms with Crippen molar-refractivity contribution in [3.8, 4) is 17.2 Å². The zero-order valence-corrected chi connectivity index (χ0v) is 9.66. The zero-order valence-electron chi connectivity index (χ0n) is 8.90. The first-order valence-corrected chi connectivity index (χ1v) is 5.45. The molecule has 0 spiro atoms. The third kappa shape index (κ3) is 2.35. The lowest BCUT2D eigenvalue weighted by atomic mass is 10.1. The number of aromatic hydroxyl groups is 1. The highest BCUT2D eigenvalue weighted by molar-refractivity contribution is 6.32. The lowest BCUT2D eigenvalue weighted by molar-refractivity contribution is 0.296. The molecule has 1 N–H and O–H groups in total. The van der Waals surface area contributed by atoms with Crippen LogP contribution in [-0.2, 0) is 11.3 Å². The molecule has 0 unspecified atom stereocenters. The summed E-state index contributed by atoms with van der Waals surface area (Å²) in [5.41, 5.74) is 0.345. The Labute approximate surface area is 103 Å². The van der Waals surface area contributed by atoms with Crippen molar-refractivity contribution in [3.05, 3.63) is 16.7 Å². The van der Waals surface area contributed by atoms with E-state index < -0.39 is 0 Å². The summed E-state index contributed by atoms with van der Waals surface area (Å²) in [6.45, 7) is 0.956. The average Bonchev–Trinajstić information content (AvgIpc) is 2.55. The Morgan fingerprint density at radius 1 is 1.47 bits per heavy atom. The van der Waals surface area contributed by atoms with Gasteiger partial charge in [0.05, 0.1) is 30.3 Å². The van der Waals surface area contributed by atoms with Gasteiger partial charge in [-0.3, -0.25) is 0 Å². The third-order valence-electron chi connectivity index (χ3n) is 2.36. The Bertz CT molecular complexity index is 483. The van der Waals surface area contributed by atoms with Crippen LogP contribution in [0.4, 0.5) is 0 Å². The standard InChI is InChI=1S/C11H10ClNO4/c12-8-4-9-11(17-3-1-2-16-9)7(10(8)15)5-13-6-14/h4,15H,1-3,5H2. The van der Waals surface area contributed by atoms with Gasteiger partial charge in [-0.15, -0.1) is 0 Å². The fraction of sp³-hybridized carbons (Fsp3) is 0.364. The van der Waals surface area contributed by atoms with Crippen LogP contribution in [-0.4, -0.2) is 24.4 Å². The van der Waals surface area contributed by atoms with E-state index >= 15 is 0 Å². The van der Waals surface area contributed by atoms with Gasteiger partial charge < -0.3 is 14.6 Å². The molecular weight excluding hydrogens is 246 g/mol. The molecule has 0 aromatic heterocycles. The number of fused-ring (bicyclic) bond motifs is 1. The maximum absolute atomic E-state index is 10.1. The van der Waals surface area contributed by atoms with E-state index in [1.54, 1.807) is 0 Å². The van der Waals surface area contributed by atoms with Crippen LogP contribution in [0.1, 0.15) is 12.0 Å². The molecule has 5 nitrogen and oxygen atoms in total. The van der Waals surface area contributed by atoms with Gasteiger partial charge in [0.2, 0.25) is 6.08 Å². The first-order chi connectivity index (χ1) is 8.24. The molecule has 90 valence electrons. The molecule has 1 aromatic carbocycles. The summed E-state index contributed by atoms with van der Waals surface area (Å²) in [6, 6.07) is 1.49. The molecule has 6 heteroatoms. The fourth-order valence-corrected chi connectivity index (χ4v) is 1.80. The van der Waals surface area contributed by atoms with E-state index in [0.29, 0.717) is 30.3 Å². The van der Waals surface area contributed by atoms with E-state index in [9.17, 15) is 9.90 Å². The number of carbonyl (C=O) groups excluding carboxylic acids is 1. The topological polar surface area (TPSA) is 68.1 Å². The summed E-state index contributed by atoms with van der Waals surface area (Å²) in [7, 11) is 0. The summed E-state index contributed by atoms with van der Waals surface area (Å²) in [4.78, 5) is 13.6.